The van der Waals surface area contributed by atoms with E-state index in [4.69, 9.17) is 4.74 Å². The maximum Gasteiger partial charge on any atom is 0.308 e. The van der Waals surface area contributed by atoms with Gasteiger partial charge in [-0.2, -0.15) is 0 Å². The van der Waals surface area contributed by atoms with E-state index >= 15 is 0 Å². The zero-order valence-corrected chi connectivity index (χ0v) is 21.7. The van der Waals surface area contributed by atoms with Crippen molar-refractivity contribution >= 4 is 17.8 Å². The van der Waals surface area contributed by atoms with Gasteiger partial charge < -0.3 is 24.8 Å². The predicted molar refractivity (Wildman–Crippen MR) is 135 cm³/mol. The van der Waals surface area contributed by atoms with E-state index in [1.165, 1.54) is 17.7 Å². The Morgan fingerprint density at radius 3 is 2.76 bits per heavy atom. The maximum atomic E-state index is 13.5. The lowest BCUT2D eigenvalue weighted by Crippen LogP contribution is -2.37. The van der Waals surface area contributed by atoms with Gasteiger partial charge in [0.15, 0.2) is 6.61 Å². The number of esters is 1. The number of aryl methyl sites for hydroxylation is 1. The van der Waals surface area contributed by atoms with Crippen molar-refractivity contribution in [2.45, 2.75) is 63.5 Å². The second-order valence-corrected chi connectivity index (χ2v) is 10.1. The van der Waals surface area contributed by atoms with Gasteiger partial charge in [-0.25, -0.2) is 0 Å². The number of piperidine rings is 1. The van der Waals surface area contributed by atoms with Gasteiger partial charge in [0, 0.05) is 39.5 Å². The van der Waals surface area contributed by atoms with Crippen molar-refractivity contribution in [3.63, 3.8) is 0 Å². The van der Waals surface area contributed by atoms with E-state index in [-0.39, 0.29) is 24.8 Å². The summed E-state index contributed by atoms with van der Waals surface area (Å²) in [5.74, 6) is 0.801. The Bertz CT molecular complexity index is 1070. The van der Waals surface area contributed by atoms with Crippen LogP contribution in [0.1, 0.15) is 67.7 Å². The fraction of sp³-hybridized carbons (Fsp3) is 0.615. The number of nitrogens with one attached hydrogen (secondary N) is 2. The molecule has 0 spiro atoms. The monoisotopic (exact) mass is 511 g/mol. The molecule has 4 rings (SSSR count). The number of ether oxygens (including phenoxy) is 1. The first-order chi connectivity index (χ1) is 17.9. The molecule has 37 heavy (non-hydrogen) atoms. The summed E-state index contributed by atoms with van der Waals surface area (Å²) in [5, 5.41) is 15.3. The van der Waals surface area contributed by atoms with Crippen LogP contribution in [0.2, 0.25) is 0 Å². The van der Waals surface area contributed by atoms with Gasteiger partial charge in [0.1, 0.15) is 11.6 Å². The largest absolute Gasteiger partial charge is 0.455 e. The molecule has 200 valence electrons. The number of amides is 2. The Morgan fingerprint density at radius 1 is 1.22 bits per heavy atom. The highest BCUT2D eigenvalue weighted by atomic mass is 16.5. The minimum Gasteiger partial charge on any atom is -0.455 e. The summed E-state index contributed by atoms with van der Waals surface area (Å²) in [4.78, 5) is 43.3. The smallest absolute Gasteiger partial charge is 0.308 e. The van der Waals surface area contributed by atoms with Gasteiger partial charge in [-0.1, -0.05) is 6.07 Å². The van der Waals surface area contributed by atoms with Crippen LogP contribution in [0.15, 0.2) is 24.5 Å². The number of hydrogen-bond acceptors (Lipinski definition) is 8. The minimum absolute atomic E-state index is 0.112. The van der Waals surface area contributed by atoms with Crippen LogP contribution >= 0.6 is 0 Å². The minimum atomic E-state index is -0.638. The first kappa shape index (κ1) is 26.7. The van der Waals surface area contributed by atoms with E-state index in [1.807, 2.05) is 0 Å². The van der Waals surface area contributed by atoms with Gasteiger partial charge in [0.2, 0.25) is 5.91 Å². The zero-order chi connectivity index (χ0) is 26.2. The zero-order valence-electron chi connectivity index (χ0n) is 21.7. The molecule has 11 nitrogen and oxygen atoms in total. The number of pyridine rings is 1. The van der Waals surface area contributed by atoms with Crippen LogP contribution in [0.3, 0.4) is 0 Å². The molecular weight excluding hydrogens is 474 g/mol. The van der Waals surface area contributed by atoms with E-state index in [0.717, 1.165) is 44.7 Å². The Labute approximate surface area is 217 Å². The SMILES string of the molecule is CN(C)C(=O)COC(=O)C[C@H](NC(=O)C1CCCn2c(CCC3CCNCC3)nnc21)c1cccnc1. The van der Waals surface area contributed by atoms with Gasteiger partial charge in [-0.15, -0.1) is 10.2 Å². The van der Waals surface area contributed by atoms with Crippen LogP contribution in [-0.2, 0) is 32.1 Å². The number of rotatable bonds is 10. The molecule has 0 aromatic carbocycles. The van der Waals surface area contributed by atoms with Gasteiger partial charge in [-0.05, 0) is 62.7 Å². The second-order valence-electron chi connectivity index (χ2n) is 10.1. The third-order valence-electron chi connectivity index (χ3n) is 7.22. The Balaban J connectivity index is 1.42. The molecule has 2 aromatic rings. The number of fused-ring (bicyclic) bond motifs is 1. The topological polar surface area (TPSA) is 131 Å². The van der Waals surface area contributed by atoms with Gasteiger partial charge >= 0.3 is 5.97 Å². The van der Waals surface area contributed by atoms with Crippen molar-refractivity contribution in [2.24, 2.45) is 5.92 Å². The standard InChI is InChI=1S/C26H37N7O4/c1-32(2)23(34)17-37-24(35)15-21(19-5-3-11-28-16-19)29-26(36)20-6-4-14-33-22(30-31-25(20)33)8-7-18-9-12-27-13-10-18/h3,5,11,16,18,20-21,27H,4,6-10,12-15,17H2,1-2H3,(H,29,36)/t20?,21-/m0/s1. The number of carbonyl (C=O) groups excluding carboxylic acids is 3. The lowest BCUT2D eigenvalue weighted by atomic mass is 9.93. The van der Waals surface area contributed by atoms with E-state index < -0.39 is 17.9 Å². The molecule has 2 amide bonds. The third kappa shape index (κ3) is 7.12. The molecule has 2 aliphatic rings. The Morgan fingerprint density at radius 2 is 2.03 bits per heavy atom. The summed E-state index contributed by atoms with van der Waals surface area (Å²) < 4.78 is 7.25. The summed E-state index contributed by atoms with van der Waals surface area (Å²) in [7, 11) is 3.19. The highest BCUT2D eigenvalue weighted by Crippen LogP contribution is 2.29. The Kier molecular flexibility index (Phi) is 9.21. The van der Waals surface area contributed by atoms with Crippen molar-refractivity contribution in [1.82, 2.24) is 35.3 Å². The van der Waals surface area contributed by atoms with Crippen LogP contribution in [0.4, 0.5) is 0 Å². The molecule has 2 N–H and O–H groups in total. The number of carbonyl (C=O) groups is 3. The van der Waals surface area contributed by atoms with Crippen molar-refractivity contribution in [3.05, 3.63) is 41.7 Å². The molecular formula is C26H37N7O4. The summed E-state index contributed by atoms with van der Waals surface area (Å²) >= 11 is 0. The lowest BCUT2D eigenvalue weighted by Gasteiger charge is -2.26. The highest BCUT2D eigenvalue weighted by Gasteiger charge is 2.33. The quantitative estimate of drug-likeness (QED) is 0.457. The first-order valence-corrected chi connectivity index (χ1v) is 13.1. The summed E-state index contributed by atoms with van der Waals surface area (Å²) in [6.45, 7) is 2.61. The van der Waals surface area contributed by atoms with E-state index in [1.54, 1.807) is 38.6 Å². The number of likely N-dealkylation sites (N-methyl/N-ethyl adjacent to an activating group) is 1. The Hall–Kier alpha value is -3.34. The summed E-state index contributed by atoms with van der Waals surface area (Å²) in [6.07, 6.45) is 8.98. The normalized spacial score (nSPS) is 18.5. The first-order valence-electron chi connectivity index (χ1n) is 13.1. The van der Waals surface area contributed by atoms with Crippen molar-refractivity contribution < 1.29 is 19.1 Å². The van der Waals surface area contributed by atoms with Crippen LogP contribution < -0.4 is 10.6 Å². The predicted octanol–water partition coefficient (Wildman–Crippen LogP) is 1.36. The van der Waals surface area contributed by atoms with E-state index in [9.17, 15) is 14.4 Å². The lowest BCUT2D eigenvalue weighted by molar-refractivity contribution is -0.151. The molecule has 0 bridgehead atoms. The molecule has 2 aliphatic heterocycles. The van der Waals surface area contributed by atoms with Crippen molar-refractivity contribution in [1.29, 1.82) is 0 Å². The molecule has 4 heterocycles. The summed E-state index contributed by atoms with van der Waals surface area (Å²) in [5.41, 5.74) is 0.687. The van der Waals surface area contributed by atoms with Crippen LogP contribution in [0.25, 0.3) is 0 Å². The average molecular weight is 512 g/mol. The number of aromatic nitrogens is 4. The number of nitrogens with zero attached hydrogens (tertiary/aromatic N) is 5. The van der Waals surface area contributed by atoms with Crippen LogP contribution in [-0.4, -0.2) is 76.2 Å². The fourth-order valence-corrected chi connectivity index (χ4v) is 4.97. The van der Waals surface area contributed by atoms with Crippen LogP contribution in [0.5, 0.6) is 0 Å². The average Bonchev–Trinajstić information content (AvgIpc) is 3.34. The molecule has 1 fully saturated rings. The molecule has 2 atom stereocenters. The maximum absolute atomic E-state index is 13.5. The molecule has 11 heteroatoms. The van der Waals surface area contributed by atoms with E-state index in [0.29, 0.717) is 23.7 Å². The van der Waals surface area contributed by atoms with Gasteiger partial charge in [0.25, 0.3) is 5.91 Å². The molecule has 1 saturated heterocycles. The van der Waals surface area contributed by atoms with Crippen molar-refractivity contribution in [2.75, 3.05) is 33.8 Å². The number of hydrogen-bond donors (Lipinski definition) is 2. The molecule has 0 saturated carbocycles. The molecule has 0 aliphatic carbocycles. The second kappa shape index (κ2) is 12.8. The molecule has 2 aromatic heterocycles. The van der Waals surface area contributed by atoms with E-state index in [2.05, 4.69) is 30.4 Å². The molecule has 0 radical (unpaired) electrons. The highest BCUT2D eigenvalue weighted by molar-refractivity contribution is 5.84. The fourth-order valence-electron chi connectivity index (χ4n) is 4.97. The van der Waals surface area contributed by atoms with Crippen molar-refractivity contribution in [3.8, 4) is 0 Å². The molecule has 1 unspecified atom stereocenters. The van der Waals surface area contributed by atoms with Gasteiger partial charge in [0.05, 0.1) is 18.4 Å². The van der Waals surface area contributed by atoms with Gasteiger partial charge in [-0.3, -0.25) is 19.4 Å². The van der Waals surface area contributed by atoms with Crippen LogP contribution in [0, 0.1) is 5.92 Å². The third-order valence-corrected chi connectivity index (χ3v) is 7.22. The summed E-state index contributed by atoms with van der Waals surface area (Å²) in [6, 6.07) is 2.92.